The number of aliphatic hydroxyl groups is 1. The Hall–Kier alpha value is -3.27. The molecule has 0 fully saturated rings. The molecule has 2 atom stereocenters. The average molecular weight is 480 g/mol. The van der Waals surface area contributed by atoms with Gasteiger partial charge in [-0.15, -0.1) is 0 Å². The van der Waals surface area contributed by atoms with E-state index in [-0.39, 0.29) is 18.6 Å². The van der Waals surface area contributed by atoms with Crippen LogP contribution >= 0.6 is 11.6 Å². The minimum atomic E-state index is -0.478. The lowest BCUT2D eigenvalue weighted by Gasteiger charge is -2.29. The van der Waals surface area contributed by atoms with Crippen LogP contribution in [0.3, 0.4) is 0 Å². The van der Waals surface area contributed by atoms with Crippen molar-refractivity contribution in [2.75, 3.05) is 13.2 Å². The number of carbonyl (C=O) groups is 1. The van der Waals surface area contributed by atoms with Crippen LogP contribution in [0.15, 0.2) is 49.1 Å². The molecule has 0 unspecified atom stereocenters. The normalized spacial score (nSPS) is 16.4. The first-order chi connectivity index (χ1) is 16.5. The number of aromatic nitrogens is 5. The van der Waals surface area contributed by atoms with Gasteiger partial charge in [-0.1, -0.05) is 37.6 Å². The van der Waals surface area contributed by atoms with Gasteiger partial charge in [0, 0.05) is 35.6 Å². The SMILES string of the molecule is CC(C)NC[C@@H](C(=O)N1Cc2nn(-c3ncnc4[nH]ccc34)cc2[C@H]1CO)c1ccc(Cl)cc1. The highest BCUT2D eigenvalue weighted by atomic mass is 35.5. The first-order valence-corrected chi connectivity index (χ1v) is 11.6. The number of fused-ring (bicyclic) bond motifs is 2. The zero-order chi connectivity index (χ0) is 23.8. The molecule has 4 aromatic rings. The number of amides is 1. The molecule has 0 aliphatic carbocycles. The predicted molar refractivity (Wildman–Crippen MR) is 129 cm³/mol. The van der Waals surface area contributed by atoms with Gasteiger partial charge in [0.2, 0.25) is 5.91 Å². The number of nitrogens with one attached hydrogen (secondary N) is 2. The predicted octanol–water partition coefficient (Wildman–Crippen LogP) is 2.95. The van der Waals surface area contributed by atoms with E-state index in [0.717, 1.165) is 27.9 Å². The van der Waals surface area contributed by atoms with Gasteiger partial charge >= 0.3 is 0 Å². The zero-order valence-electron chi connectivity index (χ0n) is 18.9. The van der Waals surface area contributed by atoms with Crippen LogP contribution in [0, 0.1) is 0 Å². The Labute approximate surface area is 201 Å². The molecule has 1 aliphatic rings. The fourth-order valence-electron chi connectivity index (χ4n) is 4.44. The van der Waals surface area contributed by atoms with Gasteiger partial charge in [-0.3, -0.25) is 4.79 Å². The molecule has 0 spiro atoms. The summed E-state index contributed by atoms with van der Waals surface area (Å²) in [5.74, 6) is 0.177. The minimum Gasteiger partial charge on any atom is -0.394 e. The Morgan fingerprint density at radius 1 is 1.26 bits per heavy atom. The number of aliphatic hydroxyl groups excluding tert-OH is 1. The molecule has 3 aromatic heterocycles. The third-order valence-corrected chi connectivity index (χ3v) is 6.44. The highest BCUT2D eigenvalue weighted by Crippen LogP contribution is 2.36. The van der Waals surface area contributed by atoms with E-state index in [0.29, 0.717) is 23.9 Å². The number of halogens is 1. The van der Waals surface area contributed by atoms with Crippen molar-refractivity contribution in [2.45, 2.75) is 38.4 Å². The molecule has 3 N–H and O–H groups in total. The quantitative estimate of drug-likeness (QED) is 0.375. The lowest BCUT2D eigenvalue weighted by Crippen LogP contribution is -2.40. The Bertz CT molecular complexity index is 1310. The van der Waals surface area contributed by atoms with Crippen LogP contribution in [0.25, 0.3) is 16.9 Å². The molecule has 176 valence electrons. The summed E-state index contributed by atoms with van der Waals surface area (Å²) in [6.07, 6.45) is 5.14. The third-order valence-electron chi connectivity index (χ3n) is 6.19. The lowest BCUT2D eigenvalue weighted by molar-refractivity contribution is -0.136. The number of hydrogen-bond acceptors (Lipinski definition) is 6. The maximum absolute atomic E-state index is 13.8. The molecular weight excluding hydrogens is 454 g/mol. The molecule has 0 saturated carbocycles. The number of benzene rings is 1. The molecule has 1 aliphatic heterocycles. The van der Waals surface area contributed by atoms with Crippen molar-refractivity contribution >= 4 is 28.5 Å². The van der Waals surface area contributed by atoms with Gasteiger partial charge in [0.15, 0.2) is 5.82 Å². The molecular formula is C24H26ClN7O2. The Balaban J connectivity index is 1.44. The molecule has 0 saturated heterocycles. The van der Waals surface area contributed by atoms with Crippen molar-refractivity contribution in [1.29, 1.82) is 0 Å². The van der Waals surface area contributed by atoms with Gasteiger partial charge in [0.05, 0.1) is 36.2 Å². The first-order valence-electron chi connectivity index (χ1n) is 11.2. The highest BCUT2D eigenvalue weighted by Gasteiger charge is 2.39. The molecule has 4 heterocycles. The summed E-state index contributed by atoms with van der Waals surface area (Å²) in [5, 5.41) is 19.8. The van der Waals surface area contributed by atoms with Crippen LogP contribution in [-0.2, 0) is 11.3 Å². The fraction of sp³-hybridized carbons (Fsp3) is 0.333. The summed E-state index contributed by atoms with van der Waals surface area (Å²) in [6.45, 7) is 4.70. The summed E-state index contributed by atoms with van der Waals surface area (Å²) in [6, 6.07) is 9.00. The Morgan fingerprint density at radius 2 is 2.06 bits per heavy atom. The number of nitrogens with zero attached hydrogens (tertiary/aromatic N) is 5. The van der Waals surface area contributed by atoms with E-state index in [2.05, 4.69) is 20.3 Å². The summed E-state index contributed by atoms with van der Waals surface area (Å²) < 4.78 is 1.70. The highest BCUT2D eigenvalue weighted by molar-refractivity contribution is 6.30. The van der Waals surface area contributed by atoms with Crippen LogP contribution in [0.2, 0.25) is 5.02 Å². The summed E-state index contributed by atoms with van der Waals surface area (Å²) in [4.78, 5) is 27.2. The van der Waals surface area contributed by atoms with Crippen LogP contribution in [0.1, 0.15) is 42.6 Å². The first kappa shape index (κ1) is 22.5. The maximum atomic E-state index is 13.8. The van der Waals surface area contributed by atoms with E-state index in [9.17, 15) is 9.90 Å². The fourth-order valence-corrected chi connectivity index (χ4v) is 4.56. The molecule has 10 heteroatoms. The van der Waals surface area contributed by atoms with Crippen molar-refractivity contribution < 1.29 is 9.90 Å². The lowest BCUT2D eigenvalue weighted by atomic mass is 9.96. The Morgan fingerprint density at radius 3 is 2.79 bits per heavy atom. The topological polar surface area (TPSA) is 112 Å². The molecule has 0 radical (unpaired) electrons. The number of carbonyl (C=O) groups excluding carboxylic acids is 1. The summed E-state index contributed by atoms with van der Waals surface area (Å²) in [7, 11) is 0. The van der Waals surface area contributed by atoms with Gasteiger partial charge in [0.1, 0.15) is 12.0 Å². The molecule has 1 aromatic carbocycles. The van der Waals surface area contributed by atoms with Gasteiger partial charge in [-0.05, 0) is 23.8 Å². The number of hydrogen-bond donors (Lipinski definition) is 3. The number of aromatic amines is 1. The van der Waals surface area contributed by atoms with Crippen molar-refractivity contribution in [3.05, 3.63) is 70.9 Å². The second-order valence-electron chi connectivity index (χ2n) is 8.74. The van der Waals surface area contributed by atoms with Crippen molar-refractivity contribution in [1.82, 2.24) is 34.9 Å². The van der Waals surface area contributed by atoms with E-state index in [1.807, 2.05) is 38.2 Å². The number of rotatable bonds is 7. The second kappa shape index (κ2) is 9.17. The average Bonchev–Trinajstić information content (AvgIpc) is 3.53. The second-order valence-corrected chi connectivity index (χ2v) is 9.18. The van der Waals surface area contributed by atoms with E-state index in [1.54, 1.807) is 27.9 Å². The third kappa shape index (κ3) is 4.06. The smallest absolute Gasteiger partial charge is 0.232 e. The molecule has 0 bridgehead atoms. The molecule has 1 amide bonds. The number of H-pyrrole nitrogens is 1. The zero-order valence-corrected chi connectivity index (χ0v) is 19.7. The van der Waals surface area contributed by atoms with Crippen molar-refractivity contribution in [2.24, 2.45) is 0 Å². The van der Waals surface area contributed by atoms with Crippen LogP contribution in [0.4, 0.5) is 0 Å². The van der Waals surface area contributed by atoms with Gasteiger partial charge in [0.25, 0.3) is 0 Å². The maximum Gasteiger partial charge on any atom is 0.232 e. The minimum absolute atomic E-state index is 0.0610. The Kier molecular flexibility index (Phi) is 6.07. The van der Waals surface area contributed by atoms with E-state index >= 15 is 0 Å². The van der Waals surface area contributed by atoms with Crippen LogP contribution in [-0.4, -0.2) is 59.8 Å². The van der Waals surface area contributed by atoms with Crippen molar-refractivity contribution in [3.8, 4) is 5.82 Å². The van der Waals surface area contributed by atoms with Crippen LogP contribution in [0.5, 0.6) is 0 Å². The molecule has 9 nitrogen and oxygen atoms in total. The van der Waals surface area contributed by atoms with Gasteiger partial charge < -0.3 is 20.3 Å². The van der Waals surface area contributed by atoms with Crippen LogP contribution < -0.4 is 5.32 Å². The van der Waals surface area contributed by atoms with Crippen molar-refractivity contribution in [3.63, 3.8) is 0 Å². The summed E-state index contributed by atoms with van der Waals surface area (Å²) >= 11 is 6.07. The van der Waals surface area contributed by atoms with E-state index in [4.69, 9.17) is 16.7 Å². The van der Waals surface area contributed by atoms with E-state index in [1.165, 1.54) is 6.33 Å². The van der Waals surface area contributed by atoms with Gasteiger partial charge in [-0.25, -0.2) is 14.6 Å². The monoisotopic (exact) mass is 479 g/mol. The largest absolute Gasteiger partial charge is 0.394 e. The summed E-state index contributed by atoms with van der Waals surface area (Å²) in [5.41, 5.74) is 3.18. The molecule has 5 rings (SSSR count). The standard InChI is InChI=1S/C24H26ClN7O2/c1-14(2)27-9-18(15-3-5-16(25)6-4-15)24(34)31-11-20-19(21(31)12-33)10-32(30-20)23-17-7-8-26-22(17)28-13-29-23/h3-8,10,13-14,18,21,27,33H,9,11-12H2,1-2H3,(H,26,28,29)/t18-,21-/m1/s1. The van der Waals surface area contributed by atoms with E-state index < -0.39 is 12.0 Å². The van der Waals surface area contributed by atoms with Gasteiger partial charge in [-0.2, -0.15) is 5.10 Å². The molecule has 34 heavy (non-hydrogen) atoms.